The molecule has 1 rings (SSSR count). The molecule has 0 amide bonds. The highest BCUT2D eigenvalue weighted by molar-refractivity contribution is 4.71. The molecule has 5 heteroatoms. The summed E-state index contributed by atoms with van der Waals surface area (Å²) in [6, 6.07) is 0. The smallest absolute Gasteiger partial charge is 0.240 e. The van der Waals surface area contributed by atoms with Gasteiger partial charge in [-0.2, -0.15) is 4.98 Å². The number of aromatic nitrogens is 2. The molecule has 1 heterocycles. The number of nitrogens with one attached hydrogen (secondary N) is 1. The van der Waals surface area contributed by atoms with Crippen LogP contribution in [0.1, 0.15) is 5.89 Å². The Morgan fingerprint density at radius 1 is 1.70 bits per heavy atom. The third kappa shape index (κ3) is 2.12. The molecule has 5 nitrogen and oxygen atoms in total. The fraction of sp³-hybridized carbons (Fsp3) is 0.600. The SMILES string of the molecule is NCCNCc1ncno1. The lowest BCUT2D eigenvalue weighted by molar-refractivity contribution is 0.367. The second-order valence-electron chi connectivity index (χ2n) is 1.80. The van der Waals surface area contributed by atoms with Crippen LogP contribution in [0.15, 0.2) is 10.9 Å². The molecule has 0 aliphatic heterocycles. The van der Waals surface area contributed by atoms with Gasteiger partial charge in [0.25, 0.3) is 0 Å². The van der Waals surface area contributed by atoms with Gasteiger partial charge in [-0.3, -0.25) is 0 Å². The predicted octanol–water partition coefficient (Wildman–Crippen LogP) is -0.882. The molecule has 56 valence electrons. The molecule has 10 heavy (non-hydrogen) atoms. The summed E-state index contributed by atoms with van der Waals surface area (Å²) < 4.78 is 4.72. The maximum Gasteiger partial charge on any atom is 0.240 e. The summed E-state index contributed by atoms with van der Waals surface area (Å²) in [5.41, 5.74) is 5.24. The van der Waals surface area contributed by atoms with E-state index in [0.29, 0.717) is 19.0 Å². The van der Waals surface area contributed by atoms with Crippen molar-refractivity contribution in [3.63, 3.8) is 0 Å². The minimum atomic E-state index is 0.591. The normalized spacial score (nSPS) is 10.1. The van der Waals surface area contributed by atoms with Crippen molar-refractivity contribution in [3.8, 4) is 0 Å². The molecule has 3 N–H and O–H groups in total. The number of hydrogen-bond acceptors (Lipinski definition) is 5. The van der Waals surface area contributed by atoms with Gasteiger partial charge in [-0.1, -0.05) is 5.16 Å². The fourth-order valence-electron chi connectivity index (χ4n) is 0.571. The van der Waals surface area contributed by atoms with Crippen molar-refractivity contribution in [3.05, 3.63) is 12.2 Å². The van der Waals surface area contributed by atoms with E-state index in [2.05, 4.69) is 15.5 Å². The third-order valence-corrected chi connectivity index (χ3v) is 1.00. The zero-order valence-electron chi connectivity index (χ0n) is 5.58. The van der Waals surface area contributed by atoms with Crippen LogP contribution in [0.5, 0.6) is 0 Å². The summed E-state index contributed by atoms with van der Waals surface area (Å²) in [6.07, 6.45) is 1.37. The lowest BCUT2D eigenvalue weighted by Crippen LogP contribution is -2.21. The monoisotopic (exact) mass is 142 g/mol. The van der Waals surface area contributed by atoms with E-state index < -0.39 is 0 Å². The van der Waals surface area contributed by atoms with Crippen molar-refractivity contribution in [1.29, 1.82) is 0 Å². The van der Waals surface area contributed by atoms with E-state index in [0.717, 1.165) is 6.54 Å². The van der Waals surface area contributed by atoms with Crippen LogP contribution in [0.25, 0.3) is 0 Å². The summed E-state index contributed by atoms with van der Waals surface area (Å²) in [5.74, 6) is 0.591. The minimum absolute atomic E-state index is 0.591. The van der Waals surface area contributed by atoms with Crippen LogP contribution >= 0.6 is 0 Å². The Morgan fingerprint density at radius 2 is 2.60 bits per heavy atom. The predicted molar refractivity (Wildman–Crippen MR) is 35.1 cm³/mol. The molecule has 0 bridgehead atoms. The largest absolute Gasteiger partial charge is 0.338 e. The Morgan fingerprint density at radius 3 is 3.20 bits per heavy atom. The Bertz CT molecular complexity index is 162. The number of nitrogens with zero attached hydrogens (tertiary/aromatic N) is 2. The highest BCUT2D eigenvalue weighted by Crippen LogP contribution is 1.87. The summed E-state index contributed by atoms with van der Waals surface area (Å²) in [7, 11) is 0. The Kier molecular flexibility index (Phi) is 2.85. The topological polar surface area (TPSA) is 77.0 Å². The van der Waals surface area contributed by atoms with Gasteiger partial charge >= 0.3 is 0 Å². The van der Waals surface area contributed by atoms with Gasteiger partial charge in [-0.25, -0.2) is 0 Å². The molecule has 1 aromatic rings. The second-order valence-corrected chi connectivity index (χ2v) is 1.80. The Balaban J connectivity index is 2.15. The van der Waals surface area contributed by atoms with Gasteiger partial charge in [0.15, 0.2) is 6.33 Å². The van der Waals surface area contributed by atoms with Crippen molar-refractivity contribution in [2.75, 3.05) is 13.1 Å². The average Bonchev–Trinajstić information content (AvgIpc) is 2.41. The first-order valence-electron chi connectivity index (χ1n) is 3.10. The molecule has 0 atom stereocenters. The molecule has 0 fully saturated rings. The maximum atomic E-state index is 5.24. The van der Waals surface area contributed by atoms with Crippen LogP contribution < -0.4 is 11.1 Å². The van der Waals surface area contributed by atoms with E-state index in [-0.39, 0.29) is 0 Å². The molecule has 0 aromatic carbocycles. The van der Waals surface area contributed by atoms with Crippen LogP contribution in [0, 0.1) is 0 Å². The minimum Gasteiger partial charge on any atom is -0.338 e. The summed E-state index contributed by atoms with van der Waals surface area (Å²) in [5, 5.41) is 6.46. The van der Waals surface area contributed by atoms with Gasteiger partial charge in [-0.05, 0) is 0 Å². The molecule has 0 saturated carbocycles. The van der Waals surface area contributed by atoms with E-state index in [1.54, 1.807) is 0 Å². The van der Waals surface area contributed by atoms with Gasteiger partial charge in [0.2, 0.25) is 5.89 Å². The first-order valence-corrected chi connectivity index (χ1v) is 3.10. The average molecular weight is 142 g/mol. The molecule has 0 spiro atoms. The van der Waals surface area contributed by atoms with Crippen LogP contribution in [0.3, 0.4) is 0 Å². The van der Waals surface area contributed by atoms with Crippen LogP contribution in [-0.2, 0) is 6.54 Å². The first kappa shape index (κ1) is 7.17. The summed E-state index contributed by atoms with van der Waals surface area (Å²) in [6.45, 7) is 1.98. The lowest BCUT2D eigenvalue weighted by atomic mass is 10.6. The van der Waals surface area contributed by atoms with Crippen LogP contribution in [0.4, 0.5) is 0 Å². The molecule has 0 radical (unpaired) electrons. The van der Waals surface area contributed by atoms with Gasteiger partial charge in [0, 0.05) is 13.1 Å². The van der Waals surface area contributed by atoms with Gasteiger partial charge in [-0.15, -0.1) is 0 Å². The van der Waals surface area contributed by atoms with Crippen LogP contribution in [-0.4, -0.2) is 23.2 Å². The van der Waals surface area contributed by atoms with E-state index in [4.69, 9.17) is 10.3 Å². The summed E-state index contributed by atoms with van der Waals surface area (Å²) in [4.78, 5) is 3.81. The number of hydrogen-bond donors (Lipinski definition) is 2. The zero-order chi connectivity index (χ0) is 7.23. The first-order chi connectivity index (χ1) is 4.93. The molecule has 0 saturated heterocycles. The lowest BCUT2D eigenvalue weighted by Gasteiger charge is -1.95. The van der Waals surface area contributed by atoms with Crippen molar-refractivity contribution >= 4 is 0 Å². The summed E-state index contributed by atoms with van der Waals surface area (Å²) >= 11 is 0. The van der Waals surface area contributed by atoms with E-state index in [1.807, 2.05) is 0 Å². The van der Waals surface area contributed by atoms with Gasteiger partial charge < -0.3 is 15.6 Å². The maximum absolute atomic E-state index is 5.24. The van der Waals surface area contributed by atoms with Crippen molar-refractivity contribution < 1.29 is 4.52 Å². The number of rotatable bonds is 4. The highest BCUT2D eigenvalue weighted by atomic mass is 16.5. The Labute approximate surface area is 58.6 Å². The van der Waals surface area contributed by atoms with E-state index in [1.165, 1.54) is 6.33 Å². The van der Waals surface area contributed by atoms with Crippen LogP contribution in [0.2, 0.25) is 0 Å². The van der Waals surface area contributed by atoms with E-state index in [9.17, 15) is 0 Å². The van der Waals surface area contributed by atoms with E-state index >= 15 is 0 Å². The zero-order valence-corrected chi connectivity index (χ0v) is 5.58. The second kappa shape index (κ2) is 3.97. The van der Waals surface area contributed by atoms with Gasteiger partial charge in [0.05, 0.1) is 6.54 Å². The number of nitrogens with two attached hydrogens (primary N) is 1. The quantitative estimate of drug-likeness (QED) is 0.534. The standard InChI is InChI=1S/C5H10N4O/c6-1-2-7-3-5-8-4-9-10-5/h4,7H,1-3,6H2. The Hall–Kier alpha value is -0.940. The van der Waals surface area contributed by atoms with Crippen molar-refractivity contribution in [2.45, 2.75) is 6.54 Å². The molecular formula is C5H10N4O. The van der Waals surface area contributed by atoms with Gasteiger partial charge in [0.1, 0.15) is 0 Å². The fourth-order valence-corrected chi connectivity index (χ4v) is 0.571. The molecule has 0 aliphatic carbocycles. The van der Waals surface area contributed by atoms with Crippen molar-refractivity contribution in [1.82, 2.24) is 15.5 Å². The van der Waals surface area contributed by atoms with Crippen molar-refractivity contribution in [2.24, 2.45) is 5.73 Å². The molecule has 0 unspecified atom stereocenters. The molecule has 1 aromatic heterocycles. The molecule has 0 aliphatic rings. The molecular weight excluding hydrogens is 132 g/mol. The third-order valence-electron chi connectivity index (χ3n) is 1.00. The highest BCUT2D eigenvalue weighted by Gasteiger charge is 1.94.